The van der Waals surface area contributed by atoms with Gasteiger partial charge in [-0.3, -0.25) is 0 Å². The van der Waals surface area contributed by atoms with E-state index in [0.29, 0.717) is 0 Å². The normalized spacial score (nSPS) is 27.9. The van der Waals surface area contributed by atoms with Gasteiger partial charge in [0.1, 0.15) is 0 Å². The third-order valence-corrected chi connectivity index (χ3v) is 3.35. The zero-order valence-corrected chi connectivity index (χ0v) is 9.32. The Morgan fingerprint density at radius 2 is 1.67 bits per heavy atom. The molecule has 2 rings (SSSR count). The number of hydrogen-bond donors (Lipinski definition) is 1. The molecule has 2 saturated heterocycles. The number of carbonyl (C=O) groups is 1. The van der Waals surface area contributed by atoms with Crippen LogP contribution < -0.4 is 5.73 Å². The Balaban J connectivity index is 1.88. The molecule has 1 atom stereocenters. The van der Waals surface area contributed by atoms with E-state index in [-0.39, 0.29) is 12.1 Å². The highest BCUT2D eigenvalue weighted by atomic mass is 16.2. The summed E-state index contributed by atoms with van der Waals surface area (Å²) in [4.78, 5) is 16.0. The van der Waals surface area contributed by atoms with Crippen molar-refractivity contribution in [2.24, 2.45) is 5.73 Å². The van der Waals surface area contributed by atoms with Crippen molar-refractivity contribution in [1.29, 1.82) is 0 Å². The lowest BCUT2D eigenvalue weighted by molar-refractivity contribution is 0.131. The minimum atomic E-state index is 0.187. The molecule has 86 valence electrons. The van der Waals surface area contributed by atoms with Gasteiger partial charge in [-0.05, 0) is 32.1 Å². The van der Waals surface area contributed by atoms with E-state index in [9.17, 15) is 4.79 Å². The number of hydrogen-bond acceptors (Lipinski definition) is 2. The van der Waals surface area contributed by atoms with Crippen LogP contribution in [0.3, 0.4) is 0 Å². The number of urea groups is 1. The summed E-state index contributed by atoms with van der Waals surface area (Å²) >= 11 is 0. The molecule has 15 heavy (non-hydrogen) atoms. The van der Waals surface area contributed by atoms with Gasteiger partial charge in [0.05, 0.1) is 0 Å². The quantitative estimate of drug-likeness (QED) is 0.650. The Kier molecular flexibility index (Phi) is 3.46. The fourth-order valence-corrected chi connectivity index (χ4v) is 2.47. The minimum absolute atomic E-state index is 0.187. The van der Waals surface area contributed by atoms with E-state index in [1.54, 1.807) is 0 Å². The number of rotatable bonds is 0. The second-order valence-electron chi connectivity index (χ2n) is 4.68. The Morgan fingerprint density at radius 1 is 1.00 bits per heavy atom. The van der Waals surface area contributed by atoms with Gasteiger partial charge in [-0.25, -0.2) is 4.79 Å². The number of nitrogens with two attached hydrogens (primary N) is 1. The Labute approximate surface area is 91.4 Å². The van der Waals surface area contributed by atoms with Crippen molar-refractivity contribution in [3.8, 4) is 0 Å². The molecule has 2 aliphatic heterocycles. The second-order valence-corrected chi connectivity index (χ2v) is 4.68. The number of piperidine rings is 2. The molecule has 2 aliphatic rings. The summed E-state index contributed by atoms with van der Waals surface area (Å²) in [5.41, 5.74) is 5.88. The molecule has 2 N–H and O–H groups in total. The molecule has 4 heteroatoms. The van der Waals surface area contributed by atoms with Crippen LogP contribution in [0.25, 0.3) is 0 Å². The topological polar surface area (TPSA) is 49.6 Å². The summed E-state index contributed by atoms with van der Waals surface area (Å²) in [6.45, 7) is 3.51. The summed E-state index contributed by atoms with van der Waals surface area (Å²) in [7, 11) is 0. The van der Waals surface area contributed by atoms with Gasteiger partial charge < -0.3 is 15.5 Å². The van der Waals surface area contributed by atoms with Crippen molar-refractivity contribution in [2.75, 3.05) is 26.2 Å². The van der Waals surface area contributed by atoms with Crippen LogP contribution in [0.15, 0.2) is 0 Å². The predicted molar refractivity (Wildman–Crippen MR) is 59.6 cm³/mol. The third kappa shape index (κ3) is 2.62. The Bertz CT molecular complexity index is 226. The lowest BCUT2D eigenvalue weighted by atomic mass is 10.1. The summed E-state index contributed by atoms with van der Waals surface area (Å²) < 4.78 is 0. The first-order valence-corrected chi connectivity index (χ1v) is 6.07. The standard InChI is InChI=1S/C11H21N3O/c12-10-5-4-8-14(9-10)11(15)13-6-2-1-3-7-13/h10H,1-9,12H2/t10-/m1/s1. The minimum Gasteiger partial charge on any atom is -0.326 e. The van der Waals surface area contributed by atoms with Gasteiger partial charge in [0.25, 0.3) is 0 Å². The maximum atomic E-state index is 12.1. The molecule has 0 saturated carbocycles. The van der Waals surface area contributed by atoms with Crippen molar-refractivity contribution in [1.82, 2.24) is 9.80 Å². The van der Waals surface area contributed by atoms with E-state index in [1.165, 1.54) is 6.42 Å². The van der Waals surface area contributed by atoms with Gasteiger partial charge in [-0.2, -0.15) is 0 Å². The van der Waals surface area contributed by atoms with E-state index in [1.807, 2.05) is 9.80 Å². The third-order valence-electron chi connectivity index (χ3n) is 3.35. The summed E-state index contributed by atoms with van der Waals surface area (Å²) in [5, 5.41) is 0. The zero-order chi connectivity index (χ0) is 10.7. The Morgan fingerprint density at radius 3 is 2.33 bits per heavy atom. The molecule has 2 fully saturated rings. The van der Waals surface area contributed by atoms with E-state index in [0.717, 1.165) is 51.9 Å². The molecular weight excluding hydrogens is 190 g/mol. The van der Waals surface area contributed by atoms with E-state index >= 15 is 0 Å². The highest BCUT2D eigenvalue weighted by Gasteiger charge is 2.26. The van der Waals surface area contributed by atoms with E-state index < -0.39 is 0 Å². The first-order valence-electron chi connectivity index (χ1n) is 6.07. The van der Waals surface area contributed by atoms with Crippen LogP contribution in [0.1, 0.15) is 32.1 Å². The van der Waals surface area contributed by atoms with Crippen molar-refractivity contribution in [3.63, 3.8) is 0 Å². The maximum absolute atomic E-state index is 12.1. The molecule has 2 amide bonds. The van der Waals surface area contributed by atoms with Gasteiger partial charge in [0.15, 0.2) is 0 Å². The van der Waals surface area contributed by atoms with Gasteiger partial charge in [0.2, 0.25) is 0 Å². The van der Waals surface area contributed by atoms with Crippen LogP contribution in [0.5, 0.6) is 0 Å². The van der Waals surface area contributed by atoms with Crippen molar-refractivity contribution in [2.45, 2.75) is 38.1 Å². The number of likely N-dealkylation sites (tertiary alicyclic amines) is 2. The molecule has 0 aliphatic carbocycles. The molecule has 0 aromatic heterocycles. The fraction of sp³-hybridized carbons (Fsp3) is 0.909. The van der Waals surface area contributed by atoms with Gasteiger partial charge in [0, 0.05) is 32.2 Å². The van der Waals surface area contributed by atoms with Gasteiger partial charge in [-0.1, -0.05) is 0 Å². The van der Waals surface area contributed by atoms with Crippen LogP contribution in [-0.2, 0) is 0 Å². The SMILES string of the molecule is N[C@@H]1CCCN(C(=O)N2CCCCC2)C1. The largest absolute Gasteiger partial charge is 0.326 e. The fourth-order valence-electron chi connectivity index (χ4n) is 2.47. The average Bonchev–Trinajstić information content (AvgIpc) is 2.29. The van der Waals surface area contributed by atoms with Crippen molar-refractivity contribution < 1.29 is 4.79 Å². The van der Waals surface area contributed by atoms with Crippen LogP contribution >= 0.6 is 0 Å². The molecule has 4 nitrogen and oxygen atoms in total. The van der Waals surface area contributed by atoms with Crippen LogP contribution in [0.2, 0.25) is 0 Å². The highest BCUT2D eigenvalue weighted by molar-refractivity contribution is 5.74. The first-order chi connectivity index (χ1) is 7.27. The van der Waals surface area contributed by atoms with Crippen molar-refractivity contribution in [3.05, 3.63) is 0 Å². The highest BCUT2D eigenvalue weighted by Crippen LogP contribution is 2.14. The van der Waals surface area contributed by atoms with E-state index in [4.69, 9.17) is 5.73 Å². The molecule has 2 heterocycles. The number of amides is 2. The summed E-state index contributed by atoms with van der Waals surface area (Å²) in [6.07, 6.45) is 5.70. The van der Waals surface area contributed by atoms with E-state index in [2.05, 4.69) is 0 Å². The smallest absolute Gasteiger partial charge is 0.320 e. The van der Waals surface area contributed by atoms with Crippen LogP contribution in [0, 0.1) is 0 Å². The first kappa shape index (κ1) is 10.7. The lowest BCUT2D eigenvalue weighted by Crippen LogP contribution is -2.51. The molecule has 0 aromatic rings. The van der Waals surface area contributed by atoms with Crippen LogP contribution in [-0.4, -0.2) is 48.1 Å². The summed E-state index contributed by atoms with van der Waals surface area (Å²) in [6, 6.07) is 0.400. The molecule has 0 radical (unpaired) electrons. The predicted octanol–water partition coefficient (Wildman–Crippen LogP) is 1.02. The maximum Gasteiger partial charge on any atom is 0.320 e. The molecular formula is C11H21N3O. The second kappa shape index (κ2) is 4.84. The van der Waals surface area contributed by atoms with Crippen molar-refractivity contribution >= 4 is 6.03 Å². The monoisotopic (exact) mass is 211 g/mol. The van der Waals surface area contributed by atoms with Crippen LogP contribution in [0.4, 0.5) is 4.79 Å². The summed E-state index contributed by atoms with van der Waals surface area (Å²) in [5.74, 6) is 0. The van der Waals surface area contributed by atoms with Gasteiger partial charge >= 0.3 is 6.03 Å². The number of carbonyl (C=O) groups excluding carboxylic acids is 1. The number of nitrogens with zero attached hydrogens (tertiary/aromatic N) is 2. The molecule has 0 unspecified atom stereocenters. The Hall–Kier alpha value is -0.770. The zero-order valence-electron chi connectivity index (χ0n) is 9.32. The molecule has 0 aromatic carbocycles. The van der Waals surface area contributed by atoms with Gasteiger partial charge in [-0.15, -0.1) is 0 Å². The lowest BCUT2D eigenvalue weighted by Gasteiger charge is -2.36. The molecule has 0 bridgehead atoms. The average molecular weight is 211 g/mol. The molecule has 0 spiro atoms.